The molecule has 1 aromatic carbocycles. The SMILES string of the molecule is C=CC(C(=O)O)C1CCC(CC[C@H]2CC[C@H](CCc3ccc(C#N)cc3)CC2)CC1. The molecule has 0 aromatic heterocycles. The van der Waals surface area contributed by atoms with Crippen LogP contribution in [0.5, 0.6) is 0 Å². The summed E-state index contributed by atoms with van der Waals surface area (Å²) < 4.78 is 0. The van der Waals surface area contributed by atoms with Crippen molar-refractivity contribution < 1.29 is 9.90 Å². The zero-order valence-electron chi connectivity index (χ0n) is 18.3. The smallest absolute Gasteiger partial charge is 0.310 e. The van der Waals surface area contributed by atoms with Crippen molar-refractivity contribution in [2.75, 3.05) is 0 Å². The average Bonchev–Trinajstić information content (AvgIpc) is 2.78. The fourth-order valence-corrected chi connectivity index (χ4v) is 5.73. The van der Waals surface area contributed by atoms with E-state index < -0.39 is 5.97 Å². The molecule has 1 aromatic rings. The quantitative estimate of drug-likeness (QED) is 0.459. The summed E-state index contributed by atoms with van der Waals surface area (Å²) in [5.74, 6) is 1.79. The van der Waals surface area contributed by atoms with Crippen molar-refractivity contribution in [3.8, 4) is 6.07 Å². The van der Waals surface area contributed by atoms with Crippen molar-refractivity contribution in [3.63, 3.8) is 0 Å². The zero-order chi connectivity index (χ0) is 21.3. The molecule has 1 atom stereocenters. The Morgan fingerprint density at radius 2 is 1.47 bits per heavy atom. The van der Waals surface area contributed by atoms with E-state index >= 15 is 0 Å². The fraction of sp³-hybridized carbons (Fsp3) is 0.630. The van der Waals surface area contributed by atoms with Gasteiger partial charge in [0.15, 0.2) is 0 Å². The van der Waals surface area contributed by atoms with Gasteiger partial charge in [-0.3, -0.25) is 4.79 Å². The molecule has 2 aliphatic carbocycles. The van der Waals surface area contributed by atoms with Gasteiger partial charge >= 0.3 is 5.97 Å². The molecule has 0 amide bonds. The fourth-order valence-electron chi connectivity index (χ4n) is 5.73. The summed E-state index contributed by atoms with van der Waals surface area (Å²) in [6.45, 7) is 3.72. The predicted octanol–water partition coefficient (Wildman–Crippen LogP) is 6.77. The third-order valence-corrected chi connectivity index (χ3v) is 7.81. The topological polar surface area (TPSA) is 61.1 Å². The van der Waals surface area contributed by atoms with Gasteiger partial charge in [0, 0.05) is 0 Å². The van der Waals surface area contributed by atoms with Crippen molar-refractivity contribution in [2.24, 2.45) is 29.6 Å². The Morgan fingerprint density at radius 1 is 0.967 bits per heavy atom. The lowest BCUT2D eigenvalue weighted by molar-refractivity contribution is -0.142. The first-order chi connectivity index (χ1) is 14.6. The highest BCUT2D eigenvalue weighted by atomic mass is 16.4. The molecule has 0 bridgehead atoms. The molecule has 2 aliphatic rings. The number of nitrogens with zero attached hydrogens (tertiary/aromatic N) is 1. The first kappa shape index (κ1) is 22.6. The third-order valence-electron chi connectivity index (χ3n) is 7.81. The minimum absolute atomic E-state index is 0.294. The summed E-state index contributed by atoms with van der Waals surface area (Å²) in [5.41, 5.74) is 2.10. The molecule has 1 N–H and O–H groups in total. The van der Waals surface area contributed by atoms with Crippen LogP contribution >= 0.6 is 0 Å². The van der Waals surface area contributed by atoms with Crippen LogP contribution < -0.4 is 0 Å². The van der Waals surface area contributed by atoms with Crippen molar-refractivity contribution in [1.29, 1.82) is 5.26 Å². The maximum Gasteiger partial charge on any atom is 0.310 e. The molecule has 0 heterocycles. The maximum atomic E-state index is 11.3. The van der Waals surface area contributed by atoms with Crippen LogP contribution in [0.4, 0.5) is 0 Å². The molecule has 2 saturated carbocycles. The van der Waals surface area contributed by atoms with Crippen LogP contribution in [0, 0.1) is 40.9 Å². The summed E-state index contributed by atoms with van der Waals surface area (Å²) in [6, 6.07) is 10.3. The molecule has 1 unspecified atom stereocenters. The van der Waals surface area contributed by atoms with Gasteiger partial charge in [-0.1, -0.05) is 69.6 Å². The van der Waals surface area contributed by atoms with Gasteiger partial charge < -0.3 is 5.11 Å². The normalized spacial score (nSPS) is 27.7. The molecule has 0 spiro atoms. The van der Waals surface area contributed by atoms with Gasteiger partial charge in [-0.15, -0.1) is 6.58 Å². The first-order valence-corrected chi connectivity index (χ1v) is 11.9. The lowest BCUT2D eigenvalue weighted by atomic mass is 9.72. The lowest BCUT2D eigenvalue weighted by Crippen LogP contribution is -2.26. The number of benzene rings is 1. The molecule has 3 nitrogen and oxygen atoms in total. The van der Waals surface area contributed by atoms with Gasteiger partial charge in [-0.05, 0) is 67.1 Å². The van der Waals surface area contributed by atoms with Gasteiger partial charge in [0.25, 0.3) is 0 Å². The minimum Gasteiger partial charge on any atom is -0.481 e. The van der Waals surface area contributed by atoms with Crippen LogP contribution in [0.2, 0.25) is 0 Å². The van der Waals surface area contributed by atoms with E-state index in [0.717, 1.165) is 42.6 Å². The highest BCUT2D eigenvalue weighted by Gasteiger charge is 2.30. The molecule has 0 radical (unpaired) electrons. The Hall–Kier alpha value is -2.08. The van der Waals surface area contributed by atoms with E-state index in [9.17, 15) is 9.90 Å². The molecule has 0 aliphatic heterocycles. The van der Waals surface area contributed by atoms with Crippen LogP contribution in [0.15, 0.2) is 36.9 Å². The minimum atomic E-state index is -0.704. The van der Waals surface area contributed by atoms with Crippen LogP contribution in [-0.4, -0.2) is 11.1 Å². The number of hydrogen-bond donors (Lipinski definition) is 1. The molecule has 2 fully saturated rings. The Bertz CT molecular complexity index is 716. The average molecular weight is 408 g/mol. The second-order valence-corrected chi connectivity index (χ2v) is 9.69. The number of nitriles is 1. The van der Waals surface area contributed by atoms with E-state index in [1.807, 2.05) is 12.1 Å². The standard InChI is InChI=1S/C27H37NO2/c1-2-26(27(29)30)25-17-15-23(16-18-25)10-9-21-5-3-20(4-6-21)7-8-22-11-13-24(19-28)14-12-22/h2,11-14,20-21,23,25-26H,1,3-10,15-18H2,(H,29,30)/t20-,21-,23?,25?,26?. The van der Waals surface area contributed by atoms with E-state index in [4.69, 9.17) is 5.26 Å². The highest BCUT2D eigenvalue weighted by molar-refractivity contribution is 5.72. The summed E-state index contributed by atoms with van der Waals surface area (Å²) in [5, 5.41) is 18.2. The number of rotatable bonds is 9. The van der Waals surface area contributed by atoms with Crippen molar-refractivity contribution in [2.45, 2.75) is 77.0 Å². The van der Waals surface area contributed by atoms with E-state index in [1.165, 1.54) is 63.4 Å². The van der Waals surface area contributed by atoms with Gasteiger partial charge in [0.2, 0.25) is 0 Å². The Balaban J connectivity index is 1.30. The molecule has 3 heteroatoms. The monoisotopic (exact) mass is 407 g/mol. The van der Waals surface area contributed by atoms with Gasteiger partial charge in [-0.25, -0.2) is 0 Å². The number of carboxylic acids is 1. The summed E-state index contributed by atoms with van der Waals surface area (Å²) in [4.78, 5) is 11.3. The van der Waals surface area contributed by atoms with E-state index in [2.05, 4.69) is 24.8 Å². The molecular formula is C27H37NO2. The number of carboxylic acid groups (broad SMARTS) is 1. The van der Waals surface area contributed by atoms with Gasteiger partial charge in [0.05, 0.1) is 17.6 Å². The number of aryl methyl sites for hydroxylation is 1. The van der Waals surface area contributed by atoms with Crippen LogP contribution in [0.1, 0.15) is 81.8 Å². The number of hydrogen-bond acceptors (Lipinski definition) is 2. The van der Waals surface area contributed by atoms with Crippen LogP contribution in [-0.2, 0) is 11.2 Å². The molecule has 30 heavy (non-hydrogen) atoms. The Labute approximate surface area is 182 Å². The summed E-state index contributed by atoms with van der Waals surface area (Å²) >= 11 is 0. The maximum absolute atomic E-state index is 11.3. The van der Waals surface area contributed by atoms with Crippen LogP contribution in [0.25, 0.3) is 0 Å². The third kappa shape index (κ3) is 6.46. The number of aliphatic carboxylic acids is 1. The lowest BCUT2D eigenvalue weighted by Gasteiger charge is -2.33. The second kappa shape index (κ2) is 11.3. The Morgan fingerprint density at radius 3 is 1.93 bits per heavy atom. The van der Waals surface area contributed by atoms with Gasteiger partial charge in [0.1, 0.15) is 0 Å². The highest BCUT2D eigenvalue weighted by Crippen LogP contribution is 2.39. The van der Waals surface area contributed by atoms with E-state index in [0.29, 0.717) is 5.92 Å². The van der Waals surface area contributed by atoms with E-state index in [1.54, 1.807) is 6.08 Å². The Kier molecular flexibility index (Phi) is 8.55. The van der Waals surface area contributed by atoms with Crippen molar-refractivity contribution in [1.82, 2.24) is 0 Å². The summed E-state index contributed by atoms with van der Waals surface area (Å²) in [6.07, 6.45) is 16.7. The second-order valence-electron chi connectivity index (χ2n) is 9.69. The molecule has 162 valence electrons. The summed E-state index contributed by atoms with van der Waals surface area (Å²) in [7, 11) is 0. The van der Waals surface area contributed by atoms with E-state index in [-0.39, 0.29) is 5.92 Å². The largest absolute Gasteiger partial charge is 0.481 e. The number of carbonyl (C=O) groups is 1. The first-order valence-electron chi connectivity index (χ1n) is 11.9. The molecular weight excluding hydrogens is 370 g/mol. The van der Waals surface area contributed by atoms with Crippen molar-refractivity contribution in [3.05, 3.63) is 48.0 Å². The zero-order valence-corrected chi connectivity index (χ0v) is 18.3. The molecule has 3 rings (SSSR count). The van der Waals surface area contributed by atoms with Crippen molar-refractivity contribution >= 4 is 5.97 Å². The van der Waals surface area contributed by atoms with Crippen LogP contribution in [0.3, 0.4) is 0 Å². The molecule has 0 saturated heterocycles. The predicted molar refractivity (Wildman–Crippen MR) is 121 cm³/mol. The van der Waals surface area contributed by atoms with Gasteiger partial charge in [-0.2, -0.15) is 5.26 Å².